The number of nitrogens with zero attached hydrogens (tertiary/aromatic N) is 3. The Morgan fingerprint density at radius 3 is 2.38 bits per heavy atom. The average Bonchev–Trinajstić information content (AvgIpc) is 3.49. The van der Waals surface area contributed by atoms with Gasteiger partial charge in [-0.1, -0.05) is 70.5 Å². The summed E-state index contributed by atoms with van der Waals surface area (Å²) in [6.07, 6.45) is 1.56. The highest BCUT2D eigenvalue weighted by molar-refractivity contribution is 9.10. The van der Waals surface area contributed by atoms with Crippen LogP contribution in [0, 0.1) is 0 Å². The predicted molar refractivity (Wildman–Crippen MR) is 180 cm³/mol. The first-order valence-electron chi connectivity index (χ1n) is 14.1. The number of rotatable bonds is 8. The van der Waals surface area contributed by atoms with Crippen LogP contribution >= 0.6 is 15.9 Å². The third-order valence-electron chi connectivity index (χ3n) is 7.51. The van der Waals surface area contributed by atoms with Crippen molar-refractivity contribution in [2.45, 2.75) is 6.61 Å². The number of fused-ring (bicyclic) bond motifs is 3. The van der Waals surface area contributed by atoms with E-state index in [0.29, 0.717) is 51.7 Å². The highest BCUT2D eigenvalue weighted by Crippen LogP contribution is 2.39. The van der Waals surface area contributed by atoms with Crippen molar-refractivity contribution in [3.63, 3.8) is 0 Å². The maximum atomic E-state index is 13.7. The molecule has 0 bridgehead atoms. The van der Waals surface area contributed by atoms with Crippen LogP contribution in [0.25, 0.3) is 44.2 Å². The quantitative estimate of drug-likeness (QED) is 0.153. The maximum absolute atomic E-state index is 13.7. The van der Waals surface area contributed by atoms with Crippen LogP contribution in [-0.2, 0) is 6.61 Å². The summed E-state index contributed by atoms with van der Waals surface area (Å²) in [6.45, 7) is 0.317. The molecule has 45 heavy (non-hydrogen) atoms. The largest absolute Gasteiger partial charge is 0.493 e. The van der Waals surface area contributed by atoms with E-state index in [2.05, 4.69) is 39.2 Å². The first-order chi connectivity index (χ1) is 22.0. The zero-order chi connectivity index (χ0) is 30.9. The molecular weight excluding hydrogens is 634 g/mol. The molecule has 2 heterocycles. The molecule has 0 N–H and O–H groups in total. The topological polar surface area (TPSA) is 88.1 Å². The van der Waals surface area contributed by atoms with Crippen LogP contribution in [0.3, 0.4) is 0 Å². The van der Waals surface area contributed by atoms with Gasteiger partial charge in [0.05, 0.1) is 31.3 Å². The molecule has 9 heteroatoms. The van der Waals surface area contributed by atoms with Crippen LogP contribution in [0.5, 0.6) is 17.2 Å². The molecular formula is C36H26BrN3O5. The van der Waals surface area contributed by atoms with Gasteiger partial charge < -0.3 is 18.6 Å². The first-order valence-corrected chi connectivity index (χ1v) is 14.9. The number of ether oxygens (including phenoxy) is 3. The van der Waals surface area contributed by atoms with E-state index in [1.54, 1.807) is 50.8 Å². The fraction of sp³-hybridized carbons (Fsp3) is 0.0833. The van der Waals surface area contributed by atoms with Gasteiger partial charge in [0.2, 0.25) is 11.6 Å². The normalized spacial score (nSPS) is 11.5. The molecule has 222 valence electrons. The van der Waals surface area contributed by atoms with Crippen LogP contribution in [0.1, 0.15) is 11.1 Å². The molecule has 0 aliphatic carbocycles. The van der Waals surface area contributed by atoms with Crippen molar-refractivity contribution in [1.82, 2.24) is 9.66 Å². The molecule has 5 aromatic carbocycles. The van der Waals surface area contributed by atoms with E-state index < -0.39 is 0 Å². The fourth-order valence-electron chi connectivity index (χ4n) is 5.32. The van der Waals surface area contributed by atoms with Crippen molar-refractivity contribution in [1.29, 1.82) is 0 Å². The van der Waals surface area contributed by atoms with Crippen molar-refractivity contribution >= 4 is 54.8 Å². The molecule has 0 spiro atoms. The van der Waals surface area contributed by atoms with Gasteiger partial charge in [-0.3, -0.25) is 4.79 Å². The zero-order valence-electron chi connectivity index (χ0n) is 24.4. The number of hydrogen-bond donors (Lipinski definition) is 0. The van der Waals surface area contributed by atoms with E-state index in [1.807, 2.05) is 54.6 Å². The van der Waals surface area contributed by atoms with Crippen LogP contribution in [0.4, 0.5) is 0 Å². The second-order valence-corrected chi connectivity index (χ2v) is 11.2. The van der Waals surface area contributed by atoms with Gasteiger partial charge in [0, 0.05) is 15.4 Å². The van der Waals surface area contributed by atoms with Crippen molar-refractivity contribution in [3.05, 3.63) is 129 Å². The number of para-hydroxylation sites is 1. The molecule has 8 nitrogen and oxygen atoms in total. The van der Waals surface area contributed by atoms with E-state index in [1.165, 1.54) is 4.68 Å². The summed E-state index contributed by atoms with van der Waals surface area (Å²) in [6, 6.07) is 32.5. The second-order valence-electron chi connectivity index (χ2n) is 10.3. The number of hydrogen-bond acceptors (Lipinski definition) is 7. The molecule has 0 aliphatic rings. The van der Waals surface area contributed by atoms with E-state index in [9.17, 15) is 4.79 Å². The molecule has 7 aromatic rings. The van der Waals surface area contributed by atoms with Crippen molar-refractivity contribution in [3.8, 4) is 28.8 Å². The van der Waals surface area contributed by atoms with E-state index in [0.717, 1.165) is 26.2 Å². The Kier molecular flexibility index (Phi) is 7.52. The minimum absolute atomic E-state index is 0.274. The van der Waals surface area contributed by atoms with Gasteiger partial charge in [0.25, 0.3) is 5.56 Å². The van der Waals surface area contributed by atoms with Crippen molar-refractivity contribution in [2.75, 3.05) is 14.2 Å². The van der Waals surface area contributed by atoms with Gasteiger partial charge in [-0.15, -0.1) is 0 Å². The summed E-state index contributed by atoms with van der Waals surface area (Å²) in [5.41, 5.74) is 2.54. The molecule has 0 atom stereocenters. The summed E-state index contributed by atoms with van der Waals surface area (Å²) < 4.78 is 26.0. The Morgan fingerprint density at radius 2 is 1.58 bits per heavy atom. The lowest BCUT2D eigenvalue weighted by Gasteiger charge is -2.16. The highest BCUT2D eigenvalue weighted by atomic mass is 79.9. The monoisotopic (exact) mass is 659 g/mol. The molecule has 0 radical (unpaired) electrons. The number of benzene rings is 5. The van der Waals surface area contributed by atoms with Gasteiger partial charge in [-0.2, -0.15) is 9.78 Å². The van der Waals surface area contributed by atoms with Gasteiger partial charge >= 0.3 is 0 Å². The van der Waals surface area contributed by atoms with Crippen LogP contribution in [0.15, 0.2) is 122 Å². The molecule has 2 aromatic heterocycles. The minimum atomic E-state index is -0.331. The summed E-state index contributed by atoms with van der Waals surface area (Å²) in [4.78, 5) is 18.5. The number of furan rings is 1. The molecule has 0 saturated carbocycles. The third kappa shape index (κ3) is 5.42. The zero-order valence-corrected chi connectivity index (χ0v) is 25.9. The molecule has 0 aliphatic heterocycles. The lowest BCUT2D eigenvalue weighted by atomic mass is 10.1. The third-order valence-corrected chi connectivity index (χ3v) is 8.00. The Hall–Kier alpha value is -5.41. The average molecular weight is 661 g/mol. The fourth-order valence-corrected chi connectivity index (χ4v) is 5.70. The van der Waals surface area contributed by atoms with E-state index in [4.69, 9.17) is 23.6 Å². The van der Waals surface area contributed by atoms with Crippen molar-refractivity contribution < 1.29 is 18.6 Å². The van der Waals surface area contributed by atoms with Crippen molar-refractivity contribution in [2.24, 2.45) is 5.10 Å². The molecule has 0 saturated heterocycles. The lowest BCUT2D eigenvalue weighted by molar-refractivity contribution is 0.267. The molecule has 7 rings (SSSR count). The standard InChI is InChI=1S/C36H26BrN3O5/c1-42-31-16-22(17-32(43-2)34(31)44-21-24-10-7-9-23-8-3-4-11-27(23)24)20-38-40-35(39-29-13-6-5-12-28(29)36(40)41)33-19-25-18-26(37)14-15-30(25)45-33/h3-20H,21H2,1-2H3. The first kappa shape index (κ1) is 28.4. The smallest absolute Gasteiger partial charge is 0.282 e. The Bertz CT molecular complexity index is 2280. The summed E-state index contributed by atoms with van der Waals surface area (Å²) in [7, 11) is 3.13. The summed E-state index contributed by atoms with van der Waals surface area (Å²) >= 11 is 3.50. The number of aromatic nitrogens is 2. The van der Waals surface area contributed by atoms with Crippen LogP contribution in [-0.4, -0.2) is 30.1 Å². The lowest BCUT2D eigenvalue weighted by Crippen LogP contribution is -2.20. The van der Waals surface area contributed by atoms with E-state index >= 15 is 0 Å². The second kappa shape index (κ2) is 11.9. The predicted octanol–water partition coefficient (Wildman–Crippen LogP) is 8.20. The SMILES string of the molecule is COc1cc(C=Nn2c(-c3cc4cc(Br)ccc4o3)nc3ccccc3c2=O)cc(OC)c1OCc1cccc2ccccc12. The Balaban J connectivity index is 1.28. The summed E-state index contributed by atoms with van der Waals surface area (Å²) in [5.74, 6) is 2.07. The van der Waals surface area contributed by atoms with E-state index in [-0.39, 0.29) is 11.4 Å². The maximum Gasteiger partial charge on any atom is 0.282 e. The Labute approximate surface area is 266 Å². The van der Waals surface area contributed by atoms with Crippen LogP contribution in [0.2, 0.25) is 0 Å². The number of halogens is 1. The molecule has 0 amide bonds. The molecule has 0 unspecified atom stereocenters. The summed E-state index contributed by atoms with van der Waals surface area (Å²) in [5, 5.41) is 8.15. The van der Waals surface area contributed by atoms with Gasteiger partial charge in [-0.05, 0) is 64.9 Å². The van der Waals surface area contributed by atoms with Gasteiger partial charge in [0.1, 0.15) is 12.2 Å². The van der Waals surface area contributed by atoms with Crippen LogP contribution < -0.4 is 19.8 Å². The van der Waals surface area contributed by atoms with Gasteiger partial charge in [0.15, 0.2) is 17.3 Å². The number of methoxy groups -OCH3 is 2. The molecule has 0 fully saturated rings. The Morgan fingerprint density at radius 1 is 0.844 bits per heavy atom. The van der Waals surface area contributed by atoms with Gasteiger partial charge in [-0.25, -0.2) is 4.98 Å². The minimum Gasteiger partial charge on any atom is -0.493 e. The highest BCUT2D eigenvalue weighted by Gasteiger charge is 2.18.